The van der Waals surface area contributed by atoms with Crippen molar-refractivity contribution in [3.63, 3.8) is 0 Å². The van der Waals surface area contributed by atoms with Crippen LogP contribution in [0.4, 0.5) is 5.69 Å². The summed E-state index contributed by atoms with van der Waals surface area (Å²) in [5, 5.41) is 0. The largest absolute Gasteiger partial charge is 0.399 e. The molecule has 0 spiro atoms. The third-order valence-electron chi connectivity index (χ3n) is 5.93. The molecular weight excluding hydrogens is 218 g/mol. The number of para-hydroxylation sites is 1. The van der Waals surface area contributed by atoms with Crippen molar-refractivity contribution in [1.82, 2.24) is 0 Å². The van der Waals surface area contributed by atoms with Gasteiger partial charge in [-0.25, -0.2) is 0 Å². The number of anilines is 1. The summed E-state index contributed by atoms with van der Waals surface area (Å²) < 4.78 is 0. The summed E-state index contributed by atoms with van der Waals surface area (Å²) in [7, 11) is 0. The number of hydrogen-bond acceptors (Lipinski definition) is 1. The Morgan fingerprint density at radius 2 is 1.50 bits per heavy atom. The van der Waals surface area contributed by atoms with Gasteiger partial charge in [0.25, 0.3) is 0 Å². The summed E-state index contributed by atoms with van der Waals surface area (Å²) in [6, 6.07) is 8.49. The molecule has 1 aromatic carbocycles. The van der Waals surface area contributed by atoms with Crippen LogP contribution in [0.5, 0.6) is 0 Å². The van der Waals surface area contributed by atoms with E-state index in [2.05, 4.69) is 24.3 Å². The summed E-state index contributed by atoms with van der Waals surface area (Å²) in [4.78, 5) is 0. The minimum Gasteiger partial charge on any atom is -0.399 e. The van der Waals surface area contributed by atoms with E-state index >= 15 is 0 Å². The average molecular weight is 241 g/mol. The molecule has 0 aromatic heterocycles. The summed E-state index contributed by atoms with van der Waals surface area (Å²) >= 11 is 0. The first-order chi connectivity index (χ1) is 8.79. The molecule has 0 atom stereocenters. The number of benzene rings is 1. The second-order valence-corrected chi connectivity index (χ2v) is 7.00. The molecule has 0 radical (unpaired) electrons. The maximum absolute atomic E-state index is 6.12. The highest BCUT2D eigenvalue weighted by molar-refractivity contribution is 5.46. The van der Waals surface area contributed by atoms with Crippen LogP contribution in [0.25, 0.3) is 0 Å². The van der Waals surface area contributed by atoms with Gasteiger partial charge in [0.1, 0.15) is 0 Å². The highest BCUT2D eigenvalue weighted by Gasteiger charge is 2.47. The normalized spacial score (nSPS) is 41.2. The van der Waals surface area contributed by atoms with Gasteiger partial charge in [0, 0.05) is 5.69 Å². The predicted octanol–water partition coefficient (Wildman–Crippen LogP) is 3.88. The van der Waals surface area contributed by atoms with Crippen molar-refractivity contribution in [2.45, 2.75) is 38.5 Å². The van der Waals surface area contributed by atoms with E-state index in [0.29, 0.717) is 0 Å². The maximum Gasteiger partial charge on any atom is 0.0346 e. The molecule has 2 N–H and O–H groups in total. The third-order valence-corrected chi connectivity index (χ3v) is 5.93. The van der Waals surface area contributed by atoms with Gasteiger partial charge in [-0.2, -0.15) is 0 Å². The second-order valence-electron chi connectivity index (χ2n) is 7.00. The first-order valence-corrected chi connectivity index (χ1v) is 7.63. The first kappa shape index (κ1) is 10.9. The van der Waals surface area contributed by atoms with Crippen LogP contribution in [0.2, 0.25) is 0 Å². The molecular formula is C17H23N. The van der Waals surface area contributed by atoms with Gasteiger partial charge >= 0.3 is 0 Å². The Balaban J connectivity index is 1.57. The van der Waals surface area contributed by atoms with Gasteiger partial charge in [0.15, 0.2) is 0 Å². The van der Waals surface area contributed by atoms with Crippen LogP contribution in [0.15, 0.2) is 24.3 Å². The second kappa shape index (κ2) is 4.01. The van der Waals surface area contributed by atoms with Gasteiger partial charge in [-0.3, -0.25) is 0 Å². The number of nitrogens with two attached hydrogens (primary N) is 1. The Kier molecular flexibility index (Phi) is 2.43. The van der Waals surface area contributed by atoms with E-state index in [0.717, 1.165) is 35.3 Å². The molecule has 1 heteroatoms. The zero-order chi connectivity index (χ0) is 12.1. The lowest BCUT2D eigenvalue weighted by molar-refractivity contribution is -0.0359. The molecule has 0 heterocycles. The summed E-state index contributed by atoms with van der Waals surface area (Å²) in [5.74, 6) is 5.12. The van der Waals surface area contributed by atoms with Gasteiger partial charge in [0.05, 0.1) is 0 Å². The molecule has 5 rings (SSSR count). The average Bonchev–Trinajstić information content (AvgIpc) is 2.35. The van der Waals surface area contributed by atoms with Crippen LogP contribution in [-0.4, -0.2) is 0 Å². The van der Waals surface area contributed by atoms with Crippen LogP contribution < -0.4 is 5.73 Å². The molecule has 4 fully saturated rings. The Morgan fingerprint density at radius 1 is 0.889 bits per heavy atom. The lowest BCUT2D eigenvalue weighted by Gasteiger charge is -2.54. The maximum atomic E-state index is 6.12. The zero-order valence-electron chi connectivity index (χ0n) is 11.0. The van der Waals surface area contributed by atoms with E-state index < -0.39 is 0 Å². The van der Waals surface area contributed by atoms with Crippen LogP contribution >= 0.6 is 0 Å². The Bertz CT molecular complexity index is 423. The lowest BCUT2D eigenvalue weighted by Crippen LogP contribution is -2.45. The monoisotopic (exact) mass is 241 g/mol. The van der Waals surface area contributed by atoms with Crippen molar-refractivity contribution in [3.8, 4) is 0 Å². The summed E-state index contributed by atoms with van der Waals surface area (Å²) in [6.45, 7) is 0. The van der Waals surface area contributed by atoms with E-state index in [-0.39, 0.29) is 0 Å². The standard InChI is InChI=1S/C17H23N/c18-17-4-2-1-3-13(17)10-16-14-6-11-5-12(8-14)9-15(16)7-11/h1-4,11-12,14-16H,5-10,18H2. The van der Waals surface area contributed by atoms with E-state index in [1.807, 2.05) is 0 Å². The molecule has 96 valence electrons. The van der Waals surface area contributed by atoms with E-state index in [9.17, 15) is 0 Å². The van der Waals surface area contributed by atoms with Crippen LogP contribution in [0, 0.1) is 29.6 Å². The molecule has 4 saturated carbocycles. The van der Waals surface area contributed by atoms with Crippen molar-refractivity contribution in [1.29, 1.82) is 0 Å². The molecule has 0 unspecified atom stereocenters. The predicted molar refractivity (Wildman–Crippen MR) is 75.1 cm³/mol. The minimum absolute atomic E-state index is 0.933. The van der Waals surface area contributed by atoms with Crippen LogP contribution in [-0.2, 0) is 6.42 Å². The van der Waals surface area contributed by atoms with Crippen molar-refractivity contribution in [2.75, 3.05) is 5.73 Å². The van der Waals surface area contributed by atoms with Gasteiger partial charge in [0.2, 0.25) is 0 Å². The van der Waals surface area contributed by atoms with E-state index in [1.54, 1.807) is 6.42 Å². The molecule has 0 amide bonds. The SMILES string of the molecule is Nc1ccccc1CC1C2CC3CC(C2)CC1C3. The van der Waals surface area contributed by atoms with Gasteiger partial charge < -0.3 is 5.73 Å². The van der Waals surface area contributed by atoms with Gasteiger partial charge in [-0.15, -0.1) is 0 Å². The van der Waals surface area contributed by atoms with Crippen molar-refractivity contribution >= 4 is 5.69 Å². The number of rotatable bonds is 2. The first-order valence-electron chi connectivity index (χ1n) is 7.63. The minimum atomic E-state index is 0.933. The van der Waals surface area contributed by atoms with Crippen molar-refractivity contribution in [3.05, 3.63) is 29.8 Å². The zero-order valence-corrected chi connectivity index (χ0v) is 11.0. The molecule has 1 aromatic rings. The third kappa shape index (κ3) is 1.67. The van der Waals surface area contributed by atoms with Crippen LogP contribution in [0.3, 0.4) is 0 Å². The quantitative estimate of drug-likeness (QED) is 0.781. The highest BCUT2D eigenvalue weighted by Crippen LogP contribution is 2.57. The molecule has 0 aliphatic heterocycles. The fourth-order valence-corrected chi connectivity index (χ4v) is 5.35. The van der Waals surface area contributed by atoms with Crippen molar-refractivity contribution < 1.29 is 0 Å². The fourth-order valence-electron chi connectivity index (χ4n) is 5.35. The molecule has 4 bridgehead atoms. The van der Waals surface area contributed by atoms with E-state index in [1.165, 1.54) is 37.7 Å². The fraction of sp³-hybridized carbons (Fsp3) is 0.647. The van der Waals surface area contributed by atoms with Gasteiger partial charge in [-0.05, 0) is 79.7 Å². The summed E-state index contributed by atoms with van der Waals surface area (Å²) in [5.41, 5.74) is 8.53. The number of nitrogen functional groups attached to an aromatic ring is 1. The highest BCUT2D eigenvalue weighted by atomic mass is 14.6. The molecule has 4 aliphatic rings. The topological polar surface area (TPSA) is 26.0 Å². The molecule has 0 saturated heterocycles. The van der Waals surface area contributed by atoms with Crippen molar-refractivity contribution in [2.24, 2.45) is 29.6 Å². The van der Waals surface area contributed by atoms with E-state index in [4.69, 9.17) is 5.73 Å². The Morgan fingerprint density at radius 3 is 2.11 bits per heavy atom. The number of hydrogen-bond donors (Lipinski definition) is 1. The Hall–Kier alpha value is -0.980. The lowest BCUT2D eigenvalue weighted by atomic mass is 9.51. The molecule has 1 nitrogen and oxygen atoms in total. The molecule has 18 heavy (non-hydrogen) atoms. The molecule has 4 aliphatic carbocycles. The summed E-state index contributed by atoms with van der Waals surface area (Å²) in [6.07, 6.45) is 8.86. The van der Waals surface area contributed by atoms with Gasteiger partial charge in [-0.1, -0.05) is 18.2 Å². The van der Waals surface area contributed by atoms with Crippen LogP contribution in [0.1, 0.15) is 37.7 Å². The Labute approximate surface area is 110 Å². The smallest absolute Gasteiger partial charge is 0.0346 e.